The third-order valence-corrected chi connectivity index (χ3v) is 3.05. The predicted octanol–water partition coefficient (Wildman–Crippen LogP) is -0.832. The van der Waals surface area contributed by atoms with Crippen molar-refractivity contribution in [1.29, 1.82) is 0 Å². The van der Waals surface area contributed by atoms with Gasteiger partial charge in [-0.2, -0.15) is 4.72 Å². The van der Waals surface area contributed by atoms with Gasteiger partial charge in [-0.1, -0.05) is 0 Å². The van der Waals surface area contributed by atoms with Crippen LogP contribution in [0.15, 0.2) is 0 Å². The van der Waals surface area contributed by atoms with Crippen molar-refractivity contribution in [3.63, 3.8) is 0 Å². The standard InChI is InChI=1S/C4H7ClN2O4S/c5-2-7-12(9,10)3-1-6-4(8)11-3/h3,7H,1-2H2,(H,6,8). The zero-order valence-electron chi connectivity index (χ0n) is 5.91. The van der Waals surface area contributed by atoms with Crippen LogP contribution in [-0.4, -0.2) is 32.5 Å². The maximum atomic E-state index is 11.1. The number of hydrogen-bond donors (Lipinski definition) is 2. The topological polar surface area (TPSA) is 84.5 Å². The number of alkyl halides is 1. The molecule has 1 aliphatic heterocycles. The Morgan fingerprint density at radius 2 is 2.42 bits per heavy atom. The summed E-state index contributed by atoms with van der Waals surface area (Å²) in [6.45, 7) is -0.0505. The largest absolute Gasteiger partial charge is 0.426 e. The lowest BCUT2D eigenvalue weighted by Gasteiger charge is -2.07. The second kappa shape index (κ2) is 3.46. The predicted molar refractivity (Wildman–Crippen MR) is 41.0 cm³/mol. The average molecular weight is 215 g/mol. The van der Waals surface area contributed by atoms with E-state index in [4.69, 9.17) is 11.6 Å². The lowest BCUT2D eigenvalue weighted by molar-refractivity contribution is 0.166. The highest BCUT2D eigenvalue weighted by Crippen LogP contribution is 2.06. The third kappa shape index (κ3) is 1.99. The van der Waals surface area contributed by atoms with Gasteiger partial charge in [0.2, 0.25) is 5.44 Å². The second-order valence-electron chi connectivity index (χ2n) is 2.04. The minimum atomic E-state index is -3.63. The summed E-state index contributed by atoms with van der Waals surface area (Å²) in [5.74, 6) is 0. The van der Waals surface area contributed by atoms with E-state index in [-0.39, 0.29) is 12.5 Å². The molecule has 8 heteroatoms. The number of halogens is 1. The first-order chi connectivity index (χ1) is 5.56. The Balaban J connectivity index is 2.64. The number of ether oxygens (including phenoxy) is 1. The molecule has 0 aromatic rings. The zero-order chi connectivity index (χ0) is 9.19. The number of alkyl carbamates (subject to hydrolysis) is 1. The van der Waals surface area contributed by atoms with E-state index in [1.165, 1.54) is 0 Å². The van der Waals surface area contributed by atoms with E-state index in [1.54, 1.807) is 0 Å². The monoisotopic (exact) mass is 214 g/mol. The molecule has 70 valence electrons. The van der Waals surface area contributed by atoms with Crippen molar-refractivity contribution in [2.45, 2.75) is 5.44 Å². The molecular weight excluding hydrogens is 208 g/mol. The number of carbonyl (C=O) groups is 1. The van der Waals surface area contributed by atoms with E-state index < -0.39 is 21.6 Å². The van der Waals surface area contributed by atoms with E-state index in [0.717, 1.165) is 0 Å². The van der Waals surface area contributed by atoms with Gasteiger partial charge in [-0.25, -0.2) is 13.2 Å². The summed E-state index contributed by atoms with van der Waals surface area (Å²) in [7, 11) is -3.63. The van der Waals surface area contributed by atoms with Crippen LogP contribution in [0.5, 0.6) is 0 Å². The number of carbonyl (C=O) groups excluding carboxylic acids is 1. The molecule has 0 radical (unpaired) electrons. The van der Waals surface area contributed by atoms with Crippen LogP contribution in [0.2, 0.25) is 0 Å². The van der Waals surface area contributed by atoms with Gasteiger partial charge in [0.15, 0.2) is 0 Å². The molecule has 0 aliphatic carbocycles. The molecule has 12 heavy (non-hydrogen) atoms. The zero-order valence-corrected chi connectivity index (χ0v) is 7.48. The Bertz CT molecular complexity index is 277. The Hall–Kier alpha value is -0.530. The summed E-state index contributed by atoms with van der Waals surface area (Å²) in [5, 5.41) is 2.21. The Labute approximate surface area is 74.3 Å². The fourth-order valence-electron chi connectivity index (χ4n) is 0.711. The van der Waals surface area contributed by atoms with Gasteiger partial charge >= 0.3 is 6.09 Å². The summed E-state index contributed by atoms with van der Waals surface area (Å²) in [5.41, 5.74) is -1.18. The van der Waals surface area contributed by atoms with Gasteiger partial charge in [0, 0.05) is 0 Å². The quantitative estimate of drug-likeness (QED) is 0.474. The normalized spacial score (nSPS) is 23.4. The minimum absolute atomic E-state index is 0.0505. The smallest absolute Gasteiger partial charge is 0.408 e. The van der Waals surface area contributed by atoms with Crippen molar-refractivity contribution in [2.75, 3.05) is 12.5 Å². The van der Waals surface area contributed by atoms with E-state index in [0.29, 0.717) is 0 Å². The molecule has 1 unspecified atom stereocenters. The number of cyclic esters (lactones) is 1. The molecule has 1 amide bonds. The number of rotatable bonds is 3. The highest BCUT2D eigenvalue weighted by molar-refractivity contribution is 7.90. The van der Waals surface area contributed by atoms with Crippen LogP contribution in [0.4, 0.5) is 4.79 Å². The first-order valence-corrected chi connectivity index (χ1v) is 5.13. The summed E-state index contributed by atoms with van der Waals surface area (Å²) in [4.78, 5) is 10.4. The first-order valence-electron chi connectivity index (χ1n) is 3.05. The molecule has 1 saturated heterocycles. The number of amides is 1. The van der Waals surface area contributed by atoms with Gasteiger partial charge < -0.3 is 10.1 Å². The molecule has 6 nitrogen and oxygen atoms in total. The molecule has 0 saturated carbocycles. The van der Waals surface area contributed by atoms with Gasteiger partial charge in [-0.15, -0.1) is 11.6 Å². The summed E-state index contributed by atoms with van der Waals surface area (Å²) in [6, 6.07) is -0.240. The van der Waals surface area contributed by atoms with Crippen molar-refractivity contribution in [2.24, 2.45) is 0 Å². The number of hydrogen-bond acceptors (Lipinski definition) is 4. The molecule has 0 aromatic carbocycles. The van der Waals surface area contributed by atoms with Crippen molar-refractivity contribution in [1.82, 2.24) is 10.0 Å². The Morgan fingerprint density at radius 1 is 1.75 bits per heavy atom. The highest BCUT2D eigenvalue weighted by atomic mass is 35.5. The highest BCUT2D eigenvalue weighted by Gasteiger charge is 2.33. The van der Waals surface area contributed by atoms with Crippen molar-refractivity contribution in [3.8, 4) is 0 Å². The van der Waals surface area contributed by atoms with Crippen LogP contribution in [0.3, 0.4) is 0 Å². The van der Waals surface area contributed by atoms with Gasteiger partial charge in [-0.05, 0) is 0 Å². The van der Waals surface area contributed by atoms with Crippen molar-refractivity contribution < 1.29 is 17.9 Å². The fraction of sp³-hybridized carbons (Fsp3) is 0.750. The van der Waals surface area contributed by atoms with Crippen molar-refractivity contribution >= 4 is 27.7 Å². The van der Waals surface area contributed by atoms with Crippen LogP contribution < -0.4 is 10.0 Å². The fourth-order valence-corrected chi connectivity index (χ4v) is 2.02. The van der Waals surface area contributed by atoms with E-state index in [2.05, 4.69) is 10.1 Å². The Morgan fingerprint density at radius 3 is 2.83 bits per heavy atom. The number of sulfonamides is 1. The molecule has 1 atom stereocenters. The van der Waals surface area contributed by atoms with Gasteiger partial charge in [0.05, 0.1) is 12.5 Å². The minimum Gasteiger partial charge on any atom is -0.426 e. The number of nitrogens with one attached hydrogen (secondary N) is 2. The maximum absolute atomic E-state index is 11.1. The molecular formula is C4H7ClN2O4S. The van der Waals surface area contributed by atoms with Crippen LogP contribution in [-0.2, 0) is 14.8 Å². The van der Waals surface area contributed by atoms with Crippen LogP contribution >= 0.6 is 11.6 Å². The molecule has 1 fully saturated rings. The van der Waals surface area contributed by atoms with E-state index >= 15 is 0 Å². The maximum Gasteiger partial charge on any atom is 0.408 e. The van der Waals surface area contributed by atoms with Crippen molar-refractivity contribution in [3.05, 3.63) is 0 Å². The van der Waals surface area contributed by atoms with Crippen LogP contribution in [0.25, 0.3) is 0 Å². The molecule has 1 aliphatic rings. The van der Waals surface area contributed by atoms with Gasteiger partial charge in [-0.3, -0.25) is 0 Å². The molecule has 1 heterocycles. The van der Waals surface area contributed by atoms with E-state index in [9.17, 15) is 13.2 Å². The lowest BCUT2D eigenvalue weighted by atomic mass is 10.7. The molecule has 2 N–H and O–H groups in total. The summed E-state index contributed by atoms with van der Waals surface area (Å²) < 4.78 is 28.6. The van der Waals surface area contributed by atoms with Crippen LogP contribution in [0, 0.1) is 0 Å². The second-order valence-corrected chi connectivity index (χ2v) is 4.21. The lowest BCUT2D eigenvalue weighted by Crippen LogP contribution is -2.35. The third-order valence-electron chi connectivity index (χ3n) is 1.25. The summed E-state index contributed by atoms with van der Waals surface area (Å²) in [6.07, 6.45) is -0.736. The SMILES string of the molecule is O=C1NCC(S(=O)(=O)NCCl)O1. The Kier molecular flexibility index (Phi) is 2.76. The van der Waals surface area contributed by atoms with Gasteiger partial charge in [0.1, 0.15) is 0 Å². The molecule has 0 aromatic heterocycles. The average Bonchev–Trinajstić information content (AvgIpc) is 2.36. The molecule has 0 bridgehead atoms. The van der Waals surface area contributed by atoms with Gasteiger partial charge in [0.25, 0.3) is 10.0 Å². The van der Waals surface area contributed by atoms with Crippen LogP contribution in [0.1, 0.15) is 0 Å². The summed E-state index contributed by atoms with van der Waals surface area (Å²) >= 11 is 5.15. The first kappa shape index (κ1) is 9.56. The molecule has 1 rings (SSSR count). The van der Waals surface area contributed by atoms with E-state index in [1.807, 2.05) is 4.72 Å². The molecule has 0 spiro atoms.